The van der Waals surface area contributed by atoms with Crippen LogP contribution < -0.4 is 14.8 Å². The van der Waals surface area contributed by atoms with Crippen LogP contribution in [0.2, 0.25) is 0 Å². The second-order valence-electron chi connectivity index (χ2n) is 9.96. The molecule has 5 rings (SSSR count). The predicted molar refractivity (Wildman–Crippen MR) is 143 cm³/mol. The van der Waals surface area contributed by atoms with Crippen molar-refractivity contribution >= 4 is 28.7 Å². The van der Waals surface area contributed by atoms with Gasteiger partial charge >= 0.3 is 0 Å². The van der Waals surface area contributed by atoms with Crippen molar-refractivity contribution in [2.24, 2.45) is 7.05 Å². The highest BCUT2D eigenvalue weighted by molar-refractivity contribution is 5.84. The molecule has 1 saturated heterocycles. The molecule has 4 aromatic heterocycles. The van der Waals surface area contributed by atoms with Crippen LogP contribution in [0.5, 0.6) is 17.2 Å². The van der Waals surface area contributed by atoms with Gasteiger partial charge in [-0.05, 0) is 19.4 Å². The van der Waals surface area contributed by atoms with Gasteiger partial charge in [0.2, 0.25) is 5.95 Å². The number of pyridine rings is 2. The van der Waals surface area contributed by atoms with Crippen molar-refractivity contribution in [3.63, 3.8) is 0 Å². The highest BCUT2D eigenvalue weighted by Gasteiger charge is 2.35. The lowest BCUT2D eigenvalue weighted by Crippen LogP contribution is -2.22. The summed E-state index contributed by atoms with van der Waals surface area (Å²) in [7, 11) is 3.40. The summed E-state index contributed by atoms with van der Waals surface area (Å²) in [4.78, 5) is 28.7. The number of ether oxygens (including phenoxy) is 3. The Bertz CT molecular complexity index is 1580. The van der Waals surface area contributed by atoms with Crippen molar-refractivity contribution in [2.45, 2.75) is 45.2 Å². The van der Waals surface area contributed by atoms with Gasteiger partial charge in [0.1, 0.15) is 22.7 Å². The third kappa shape index (κ3) is 5.13. The zero-order valence-electron chi connectivity index (χ0n) is 22.6. The van der Waals surface area contributed by atoms with Crippen LogP contribution in [0, 0.1) is 6.57 Å². The minimum absolute atomic E-state index is 0.0152. The maximum absolute atomic E-state index is 11.5. The number of Topliss-reactive ketones (excluding diaryl/α,β-unsaturated/α-hetero) is 1. The zero-order chi connectivity index (χ0) is 27.7. The molecule has 0 saturated carbocycles. The first-order valence-electron chi connectivity index (χ1n) is 12.5. The summed E-state index contributed by atoms with van der Waals surface area (Å²) in [5.41, 5.74) is 1.75. The van der Waals surface area contributed by atoms with Gasteiger partial charge in [0.15, 0.2) is 23.0 Å². The number of fused-ring (bicyclic) bond motifs is 1. The summed E-state index contributed by atoms with van der Waals surface area (Å²) in [5.74, 6) is 2.44. The average Bonchev–Trinajstić information content (AvgIpc) is 3.64. The number of carbonyl (C=O) groups excluding carboxylic acids is 1. The van der Waals surface area contributed by atoms with E-state index in [0.717, 1.165) is 12.1 Å². The molecule has 1 aliphatic heterocycles. The number of imidazole rings is 1. The van der Waals surface area contributed by atoms with E-state index in [-0.39, 0.29) is 18.2 Å². The van der Waals surface area contributed by atoms with Crippen LogP contribution in [0.4, 0.5) is 11.8 Å². The number of aromatic nitrogens is 6. The lowest BCUT2D eigenvalue weighted by Gasteiger charge is -2.17. The van der Waals surface area contributed by atoms with E-state index in [1.165, 1.54) is 6.92 Å². The normalized spacial score (nSPS) is 15.3. The predicted octanol–water partition coefficient (Wildman–Crippen LogP) is 4.35. The van der Waals surface area contributed by atoms with Crippen molar-refractivity contribution in [1.29, 1.82) is 0 Å². The standard InChI is InChI=1S/C27H30N8O4/c1-16(36)11-17-12-19(7-9-29-17)39-20-14-30-25-23(24(20)37-6)34(5)26(32-25)31-22-13-21(27(2,3)28-4)35(33-22)18-8-10-38-15-18/h7,9,12-14,18H,8,10-11,15H2,1-3,5-6H3,(H,30,31,32,33). The van der Waals surface area contributed by atoms with Gasteiger partial charge in [0, 0.05) is 52.3 Å². The van der Waals surface area contributed by atoms with Gasteiger partial charge in [0.05, 0.1) is 31.6 Å². The third-order valence-electron chi connectivity index (χ3n) is 6.60. The summed E-state index contributed by atoms with van der Waals surface area (Å²) < 4.78 is 21.1. The number of hydrogen-bond acceptors (Lipinski definition) is 9. The van der Waals surface area contributed by atoms with Gasteiger partial charge in [-0.15, -0.1) is 0 Å². The fourth-order valence-corrected chi connectivity index (χ4v) is 4.58. The second kappa shape index (κ2) is 10.3. The summed E-state index contributed by atoms with van der Waals surface area (Å²) >= 11 is 0. The molecule has 1 N–H and O–H groups in total. The molecule has 0 bridgehead atoms. The number of aryl methyl sites for hydroxylation is 1. The number of hydrogen-bond donors (Lipinski definition) is 1. The maximum atomic E-state index is 11.5. The molecule has 5 heterocycles. The number of rotatable bonds is 9. The molecule has 202 valence electrons. The zero-order valence-corrected chi connectivity index (χ0v) is 22.6. The van der Waals surface area contributed by atoms with E-state index in [2.05, 4.69) is 25.1 Å². The first-order chi connectivity index (χ1) is 18.7. The minimum atomic E-state index is -0.754. The Morgan fingerprint density at radius 2 is 2.15 bits per heavy atom. The van der Waals surface area contributed by atoms with Crippen molar-refractivity contribution in [3.05, 3.63) is 53.4 Å². The molecule has 12 heteroatoms. The Balaban J connectivity index is 1.48. The van der Waals surface area contributed by atoms with E-state index >= 15 is 0 Å². The molecule has 0 aromatic carbocycles. The lowest BCUT2D eigenvalue weighted by atomic mass is 10.0. The van der Waals surface area contributed by atoms with E-state index in [1.54, 1.807) is 31.6 Å². The maximum Gasteiger partial charge on any atom is 0.268 e. The van der Waals surface area contributed by atoms with Crippen molar-refractivity contribution < 1.29 is 19.0 Å². The molecule has 1 unspecified atom stereocenters. The Labute approximate surface area is 225 Å². The molecule has 0 aliphatic carbocycles. The molecule has 12 nitrogen and oxygen atoms in total. The van der Waals surface area contributed by atoms with Crippen LogP contribution in [0.15, 0.2) is 30.6 Å². The Morgan fingerprint density at radius 3 is 2.85 bits per heavy atom. The fraction of sp³-hybridized carbons (Fsp3) is 0.407. The highest BCUT2D eigenvalue weighted by atomic mass is 16.5. The van der Waals surface area contributed by atoms with Crippen molar-refractivity contribution in [3.8, 4) is 17.2 Å². The minimum Gasteiger partial charge on any atom is -0.491 e. The van der Waals surface area contributed by atoms with Crippen LogP contribution in [-0.4, -0.2) is 55.4 Å². The summed E-state index contributed by atoms with van der Waals surface area (Å²) in [6.45, 7) is 14.2. The molecule has 1 fully saturated rings. The van der Waals surface area contributed by atoms with Crippen molar-refractivity contribution in [2.75, 3.05) is 25.6 Å². The third-order valence-corrected chi connectivity index (χ3v) is 6.60. The quantitative estimate of drug-likeness (QED) is 0.315. The van der Waals surface area contributed by atoms with E-state index in [9.17, 15) is 4.79 Å². The first-order valence-corrected chi connectivity index (χ1v) is 12.5. The monoisotopic (exact) mass is 530 g/mol. The largest absolute Gasteiger partial charge is 0.491 e. The van der Waals surface area contributed by atoms with E-state index in [1.807, 2.05) is 36.2 Å². The summed E-state index contributed by atoms with van der Waals surface area (Å²) in [6, 6.07) is 5.38. The van der Waals surface area contributed by atoms with Gasteiger partial charge in [-0.3, -0.25) is 14.5 Å². The number of nitrogens with zero attached hydrogens (tertiary/aromatic N) is 7. The highest BCUT2D eigenvalue weighted by Crippen LogP contribution is 2.38. The summed E-state index contributed by atoms with van der Waals surface area (Å²) in [6.07, 6.45) is 4.21. The first kappa shape index (κ1) is 26.1. The number of methoxy groups -OCH3 is 1. The second-order valence-corrected chi connectivity index (χ2v) is 9.96. The number of carbonyl (C=O) groups is 1. The van der Waals surface area contributed by atoms with Crippen LogP contribution in [0.3, 0.4) is 0 Å². The summed E-state index contributed by atoms with van der Waals surface area (Å²) in [5, 5.41) is 8.07. The van der Waals surface area contributed by atoms with Crippen LogP contribution in [0.1, 0.15) is 44.6 Å². The molecule has 1 atom stereocenters. The van der Waals surface area contributed by atoms with Gasteiger partial charge in [-0.1, -0.05) is 0 Å². The molecular formula is C27H30N8O4. The Hall–Kier alpha value is -4.50. The smallest absolute Gasteiger partial charge is 0.268 e. The molecule has 0 amide bonds. The molecule has 0 spiro atoms. The van der Waals surface area contributed by atoms with E-state index in [0.29, 0.717) is 59.1 Å². The number of anilines is 2. The van der Waals surface area contributed by atoms with Gasteiger partial charge < -0.3 is 28.9 Å². The average molecular weight is 531 g/mol. The van der Waals surface area contributed by atoms with Gasteiger partial charge in [-0.25, -0.2) is 11.6 Å². The van der Waals surface area contributed by atoms with E-state index in [4.69, 9.17) is 25.9 Å². The molecular weight excluding hydrogens is 500 g/mol. The fourth-order valence-electron chi connectivity index (χ4n) is 4.58. The van der Waals surface area contributed by atoms with Crippen LogP contribution in [-0.2, 0) is 28.5 Å². The molecule has 0 radical (unpaired) electrons. The SMILES string of the molecule is [C-]#[N+]C(C)(C)c1cc(Nc2nc3ncc(Oc4ccnc(CC(C)=O)c4)c(OC)c3n2C)nn1C1CCOC1. The number of ketones is 1. The topological polar surface area (TPSA) is 123 Å². The van der Waals surface area contributed by atoms with Gasteiger partial charge in [0.25, 0.3) is 5.54 Å². The Kier molecular flexibility index (Phi) is 6.93. The van der Waals surface area contributed by atoms with Crippen molar-refractivity contribution in [1.82, 2.24) is 29.3 Å². The number of nitrogens with one attached hydrogen (secondary N) is 1. The van der Waals surface area contributed by atoms with Crippen LogP contribution >= 0.6 is 0 Å². The van der Waals surface area contributed by atoms with Crippen LogP contribution in [0.25, 0.3) is 16.0 Å². The Morgan fingerprint density at radius 1 is 1.33 bits per heavy atom. The lowest BCUT2D eigenvalue weighted by molar-refractivity contribution is -0.116. The molecule has 4 aromatic rings. The molecule has 39 heavy (non-hydrogen) atoms. The van der Waals surface area contributed by atoms with E-state index < -0.39 is 5.54 Å². The molecule has 1 aliphatic rings. The van der Waals surface area contributed by atoms with Gasteiger partial charge in [-0.2, -0.15) is 10.1 Å².